The number of fused-ring (bicyclic) bond motifs is 1. The molecule has 0 saturated carbocycles. The van der Waals surface area contributed by atoms with Crippen molar-refractivity contribution in [2.45, 2.75) is 51.2 Å². The molecule has 1 amide bonds. The van der Waals surface area contributed by atoms with Gasteiger partial charge in [0, 0.05) is 19.1 Å². The van der Waals surface area contributed by atoms with Crippen LogP contribution in [0.25, 0.3) is 0 Å². The fourth-order valence-electron chi connectivity index (χ4n) is 3.26. The van der Waals surface area contributed by atoms with Gasteiger partial charge in [-0.3, -0.25) is 4.90 Å². The fourth-order valence-corrected chi connectivity index (χ4v) is 3.26. The Hall–Kier alpha value is -2.12. The number of benzene rings is 1. The maximum Gasteiger partial charge on any atom is 0.407 e. The number of aliphatic hydroxyl groups is 1. The second kappa shape index (κ2) is 10.9. The second-order valence-corrected chi connectivity index (χ2v) is 6.78. The molecule has 27 heavy (non-hydrogen) atoms. The average molecular weight is 378 g/mol. The zero-order chi connectivity index (χ0) is 19.6. The Labute approximate surface area is 160 Å². The quantitative estimate of drug-likeness (QED) is 0.504. The van der Waals surface area contributed by atoms with Gasteiger partial charge >= 0.3 is 12.1 Å². The van der Waals surface area contributed by atoms with Crippen LogP contribution in [0.3, 0.4) is 0 Å². The molecule has 1 aromatic rings. The van der Waals surface area contributed by atoms with Crippen molar-refractivity contribution in [2.75, 3.05) is 26.9 Å². The summed E-state index contributed by atoms with van der Waals surface area (Å²) in [7, 11) is 1.30. The average Bonchev–Trinajstić information content (AvgIpc) is 2.69. The van der Waals surface area contributed by atoms with E-state index in [1.54, 1.807) is 0 Å². The van der Waals surface area contributed by atoms with Crippen molar-refractivity contribution >= 4 is 12.1 Å². The number of carbonyl (C=O) groups is 2. The van der Waals surface area contributed by atoms with Crippen molar-refractivity contribution < 1.29 is 24.2 Å². The van der Waals surface area contributed by atoms with Gasteiger partial charge in [0.25, 0.3) is 0 Å². The number of alkyl carbamates (subject to hydrolysis) is 1. The van der Waals surface area contributed by atoms with Crippen molar-refractivity contribution in [3.05, 3.63) is 35.4 Å². The van der Waals surface area contributed by atoms with Crippen LogP contribution in [0.1, 0.15) is 37.3 Å². The van der Waals surface area contributed by atoms with Crippen molar-refractivity contribution in [1.29, 1.82) is 0 Å². The van der Waals surface area contributed by atoms with Crippen LogP contribution in [-0.4, -0.2) is 61.0 Å². The Morgan fingerprint density at radius 2 is 2.07 bits per heavy atom. The fraction of sp³-hybridized carbons (Fsp3) is 0.600. The number of esters is 1. The topological polar surface area (TPSA) is 88.1 Å². The summed E-state index contributed by atoms with van der Waals surface area (Å²) in [6.45, 7) is 3.63. The van der Waals surface area contributed by atoms with Crippen LogP contribution in [0.15, 0.2) is 24.3 Å². The molecule has 0 aromatic heterocycles. The smallest absolute Gasteiger partial charge is 0.407 e. The van der Waals surface area contributed by atoms with Crippen LogP contribution >= 0.6 is 0 Å². The molecule has 1 aromatic carbocycles. The first-order valence-electron chi connectivity index (χ1n) is 9.51. The number of unbranched alkanes of at least 4 members (excludes halogenated alkanes) is 1. The molecule has 0 aliphatic carbocycles. The summed E-state index contributed by atoms with van der Waals surface area (Å²) in [6, 6.07) is 7.39. The van der Waals surface area contributed by atoms with Crippen molar-refractivity contribution in [1.82, 2.24) is 10.2 Å². The largest absolute Gasteiger partial charge is 0.467 e. The summed E-state index contributed by atoms with van der Waals surface area (Å²) in [4.78, 5) is 26.1. The van der Waals surface area contributed by atoms with Crippen LogP contribution in [0.5, 0.6) is 0 Å². The maximum absolute atomic E-state index is 12.0. The predicted octanol–water partition coefficient (Wildman–Crippen LogP) is 1.86. The molecule has 0 bridgehead atoms. The Kier molecular flexibility index (Phi) is 8.54. The number of amides is 1. The number of hydrogen-bond donors (Lipinski definition) is 2. The SMILES string of the molecule is CCCCOC(=O)N[C@H](CCN1Cc2ccccc2CC1CO)C(=O)OC. The number of methoxy groups -OCH3 is 1. The van der Waals surface area contributed by atoms with E-state index in [0.29, 0.717) is 26.1 Å². The van der Waals surface area contributed by atoms with E-state index in [1.165, 1.54) is 18.2 Å². The Morgan fingerprint density at radius 1 is 1.33 bits per heavy atom. The highest BCUT2D eigenvalue weighted by atomic mass is 16.6. The molecule has 0 spiro atoms. The van der Waals surface area contributed by atoms with Gasteiger partial charge in [-0.25, -0.2) is 9.59 Å². The standard InChI is InChI=1S/C20H30N2O5/c1-3-4-11-27-20(25)21-18(19(24)26-2)9-10-22-13-16-8-6-5-7-15(16)12-17(22)14-23/h5-8,17-18,23H,3-4,9-14H2,1-2H3,(H,21,25)/t17?,18-/m1/s1. The van der Waals surface area contributed by atoms with E-state index in [-0.39, 0.29) is 12.6 Å². The van der Waals surface area contributed by atoms with Gasteiger partial charge in [0.05, 0.1) is 20.3 Å². The Morgan fingerprint density at radius 3 is 2.74 bits per heavy atom. The van der Waals surface area contributed by atoms with E-state index in [0.717, 1.165) is 19.3 Å². The van der Waals surface area contributed by atoms with E-state index in [2.05, 4.69) is 22.3 Å². The molecule has 150 valence electrons. The van der Waals surface area contributed by atoms with Gasteiger partial charge in [-0.15, -0.1) is 0 Å². The van der Waals surface area contributed by atoms with E-state index < -0.39 is 18.1 Å². The molecule has 7 nitrogen and oxygen atoms in total. The van der Waals surface area contributed by atoms with Crippen LogP contribution in [0.2, 0.25) is 0 Å². The summed E-state index contributed by atoms with van der Waals surface area (Å²) in [5, 5.41) is 12.3. The van der Waals surface area contributed by atoms with Gasteiger partial charge in [0.1, 0.15) is 6.04 Å². The lowest BCUT2D eigenvalue weighted by Crippen LogP contribution is -2.47. The second-order valence-electron chi connectivity index (χ2n) is 6.78. The molecule has 1 aliphatic rings. The number of aliphatic hydroxyl groups excluding tert-OH is 1. The zero-order valence-electron chi connectivity index (χ0n) is 16.1. The van der Waals surface area contributed by atoms with Crippen molar-refractivity contribution in [3.63, 3.8) is 0 Å². The van der Waals surface area contributed by atoms with Gasteiger partial charge in [-0.1, -0.05) is 37.6 Å². The Balaban J connectivity index is 1.95. The third-order valence-electron chi connectivity index (χ3n) is 4.89. The molecule has 2 N–H and O–H groups in total. The first-order chi connectivity index (χ1) is 13.1. The van der Waals surface area contributed by atoms with Gasteiger partial charge in [0.2, 0.25) is 0 Å². The molecule has 1 aliphatic heterocycles. The molecule has 2 atom stereocenters. The molecule has 0 fully saturated rings. The molecule has 0 radical (unpaired) electrons. The molecule has 1 unspecified atom stereocenters. The van der Waals surface area contributed by atoms with Gasteiger partial charge in [-0.2, -0.15) is 0 Å². The predicted molar refractivity (Wildman–Crippen MR) is 101 cm³/mol. The highest BCUT2D eigenvalue weighted by Crippen LogP contribution is 2.23. The molecule has 7 heteroatoms. The summed E-state index contributed by atoms with van der Waals surface area (Å²) in [5.74, 6) is -0.500. The summed E-state index contributed by atoms with van der Waals surface area (Å²) >= 11 is 0. The van der Waals surface area contributed by atoms with Gasteiger partial charge in [-0.05, 0) is 30.4 Å². The third-order valence-corrected chi connectivity index (χ3v) is 4.89. The van der Waals surface area contributed by atoms with E-state index in [4.69, 9.17) is 9.47 Å². The monoisotopic (exact) mass is 378 g/mol. The molecular weight excluding hydrogens is 348 g/mol. The number of hydrogen-bond acceptors (Lipinski definition) is 6. The van der Waals surface area contributed by atoms with E-state index >= 15 is 0 Å². The van der Waals surface area contributed by atoms with Gasteiger partial charge in [0.15, 0.2) is 0 Å². The van der Waals surface area contributed by atoms with Crippen LogP contribution in [-0.2, 0) is 27.2 Å². The minimum absolute atomic E-state index is 0.00490. The number of nitrogens with zero attached hydrogens (tertiary/aromatic N) is 1. The lowest BCUT2D eigenvalue weighted by Gasteiger charge is -2.36. The van der Waals surface area contributed by atoms with Crippen LogP contribution in [0.4, 0.5) is 4.79 Å². The minimum atomic E-state index is -0.777. The number of carbonyl (C=O) groups excluding carboxylic acids is 2. The molecule has 0 saturated heterocycles. The summed E-state index contributed by atoms with van der Waals surface area (Å²) in [5.41, 5.74) is 2.47. The van der Waals surface area contributed by atoms with E-state index in [9.17, 15) is 14.7 Å². The van der Waals surface area contributed by atoms with Crippen molar-refractivity contribution in [3.8, 4) is 0 Å². The van der Waals surface area contributed by atoms with Crippen LogP contribution in [0, 0.1) is 0 Å². The number of rotatable bonds is 9. The van der Waals surface area contributed by atoms with Crippen LogP contribution < -0.4 is 5.32 Å². The van der Waals surface area contributed by atoms with E-state index in [1.807, 2.05) is 19.1 Å². The van der Waals surface area contributed by atoms with Crippen molar-refractivity contribution in [2.24, 2.45) is 0 Å². The zero-order valence-corrected chi connectivity index (χ0v) is 16.1. The van der Waals surface area contributed by atoms with Gasteiger partial charge < -0.3 is 19.9 Å². The lowest BCUT2D eigenvalue weighted by molar-refractivity contribution is -0.143. The number of ether oxygens (including phenoxy) is 2. The number of nitrogens with one attached hydrogen (secondary N) is 1. The lowest BCUT2D eigenvalue weighted by atomic mass is 9.94. The molecule has 1 heterocycles. The molecular formula is C20H30N2O5. The first-order valence-corrected chi connectivity index (χ1v) is 9.51. The maximum atomic E-state index is 12.0. The normalized spacial score (nSPS) is 17.7. The third kappa shape index (κ3) is 6.22. The first kappa shape index (κ1) is 21.2. The Bertz CT molecular complexity index is 622. The minimum Gasteiger partial charge on any atom is -0.467 e. The molecule has 2 rings (SSSR count). The summed E-state index contributed by atoms with van der Waals surface area (Å²) in [6.07, 6.45) is 2.24. The highest BCUT2D eigenvalue weighted by Gasteiger charge is 2.28. The summed E-state index contributed by atoms with van der Waals surface area (Å²) < 4.78 is 9.89. The highest BCUT2D eigenvalue weighted by molar-refractivity contribution is 5.81.